The first-order valence-electron chi connectivity index (χ1n) is 9.94. The maximum Gasteiger partial charge on any atom is 0.303 e. The Morgan fingerprint density at radius 1 is 1.26 bits per heavy atom. The van der Waals surface area contributed by atoms with Crippen LogP contribution in [-0.2, 0) is 9.53 Å². The minimum Gasteiger partial charge on any atom is -0.481 e. The summed E-state index contributed by atoms with van der Waals surface area (Å²) in [7, 11) is 0. The topological polar surface area (TPSA) is 46.5 Å². The van der Waals surface area contributed by atoms with Crippen LogP contribution in [-0.4, -0.2) is 23.8 Å². The summed E-state index contributed by atoms with van der Waals surface area (Å²) in [5.74, 6) is -0.758. The Kier molecular flexibility index (Phi) is 9.51. The quantitative estimate of drug-likeness (QED) is 0.451. The van der Waals surface area contributed by atoms with Crippen molar-refractivity contribution in [3.63, 3.8) is 0 Å². The van der Waals surface area contributed by atoms with Gasteiger partial charge in [-0.05, 0) is 63.5 Å². The number of carboxylic acid groups (broad SMARTS) is 1. The third-order valence-corrected chi connectivity index (χ3v) is 5.06. The fourth-order valence-corrected chi connectivity index (χ4v) is 3.37. The molecule has 1 N–H and O–H groups in total. The molecule has 0 heterocycles. The standard InChI is InChI=1S/C24H36O3/c1-7-27-20(4)21-16-17-24(5,6)22(21)15-14-19(3)11-8-10-18(2)12-9-13-23(25)26/h8,10-12,14-15,20H,7,9,13,16-17H2,1-6H3,(H,25,26)/b10-8+,15-14+,18-12+,19-11+. The number of hydrogen-bond donors (Lipinski definition) is 1. The smallest absolute Gasteiger partial charge is 0.303 e. The molecule has 0 amide bonds. The van der Waals surface area contributed by atoms with Crippen molar-refractivity contribution in [3.05, 3.63) is 58.7 Å². The van der Waals surface area contributed by atoms with Crippen molar-refractivity contribution in [2.24, 2.45) is 5.41 Å². The zero-order valence-corrected chi connectivity index (χ0v) is 17.8. The molecule has 0 aromatic rings. The molecule has 1 unspecified atom stereocenters. The second-order valence-electron chi connectivity index (χ2n) is 7.90. The first-order valence-corrected chi connectivity index (χ1v) is 9.94. The van der Waals surface area contributed by atoms with E-state index in [1.165, 1.54) is 23.1 Å². The summed E-state index contributed by atoms with van der Waals surface area (Å²) >= 11 is 0. The monoisotopic (exact) mass is 372 g/mol. The lowest BCUT2D eigenvalue weighted by Gasteiger charge is -2.22. The number of ether oxygens (including phenoxy) is 1. The Hall–Kier alpha value is -1.87. The third-order valence-electron chi connectivity index (χ3n) is 5.06. The zero-order valence-electron chi connectivity index (χ0n) is 17.8. The van der Waals surface area contributed by atoms with Crippen LogP contribution in [0.5, 0.6) is 0 Å². The van der Waals surface area contributed by atoms with E-state index in [0.29, 0.717) is 6.42 Å². The van der Waals surface area contributed by atoms with Crippen molar-refractivity contribution in [1.29, 1.82) is 0 Å². The molecular weight excluding hydrogens is 336 g/mol. The molecule has 0 bridgehead atoms. The van der Waals surface area contributed by atoms with E-state index in [1.807, 2.05) is 32.1 Å². The molecule has 0 fully saturated rings. The van der Waals surface area contributed by atoms with Crippen LogP contribution < -0.4 is 0 Å². The Morgan fingerprint density at radius 2 is 1.96 bits per heavy atom. The summed E-state index contributed by atoms with van der Waals surface area (Å²) in [6.45, 7) is 13.6. The second kappa shape index (κ2) is 11.1. The van der Waals surface area contributed by atoms with E-state index in [9.17, 15) is 4.79 Å². The number of carboxylic acids is 1. The summed E-state index contributed by atoms with van der Waals surface area (Å²) < 4.78 is 5.83. The molecule has 27 heavy (non-hydrogen) atoms. The summed E-state index contributed by atoms with van der Waals surface area (Å²) in [4.78, 5) is 10.5. The van der Waals surface area contributed by atoms with Gasteiger partial charge in [0.05, 0.1) is 6.10 Å². The lowest BCUT2D eigenvalue weighted by atomic mass is 9.84. The van der Waals surface area contributed by atoms with Crippen molar-refractivity contribution in [1.82, 2.24) is 0 Å². The third kappa shape index (κ3) is 8.13. The predicted molar refractivity (Wildman–Crippen MR) is 114 cm³/mol. The highest BCUT2D eigenvalue weighted by Crippen LogP contribution is 2.44. The maximum atomic E-state index is 10.5. The molecule has 0 aromatic heterocycles. The van der Waals surface area contributed by atoms with E-state index in [4.69, 9.17) is 9.84 Å². The average Bonchev–Trinajstić information content (AvgIpc) is 2.87. The van der Waals surface area contributed by atoms with Gasteiger partial charge in [-0.1, -0.05) is 61.4 Å². The highest BCUT2D eigenvalue weighted by molar-refractivity contribution is 5.66. The van der Waals surface area contributed by atoms with Crippen LogP contribution in [0.1, 0.15) is 67.2 Å². The lowest BCUT2D eigenvalue weighted by Crippen LogP contribution is -2.13. The van der Waals surface area contributed by atoms with Gasteiger partial charge in [-0.2, -0.15) is 0 Å². The fraction of sp³-hybridized carbons (Fsp3) is 0.542. The molecule has 150 valence electrons. The number of allylic oxidation sites excluding steroid dienone is 9. The van der Waals surface area contributed by atoms with Gasteiger partial charge in [-0.3, -0.25) is 4.79 Å². The first-order chi connectivity index (χ1) is 12.7. The van der Waals surface area contributed by atoms with E-state index >= 15 is 0 Å². The normalized spacial score (nSPS) is 19.5. The maximum absolute atomic E-state index is 10.5. The molecule has 0 spiro atoms. The van der Waals surface area contributed by atoms with Gasteiger partial charge < -0.3 is 9.84 Å². The molecule has 1 aliphatic rings. The first kappa shape index (κ1) is 23.2. The van der Waals surface area contributed by atoms with Gasteiger partial charge in [0.15, 0.2) is 0 Å². The molecule has 0 aromatic carbocycles. The summed E-state index contributed by atoms with van der Waals surface area (Å²) in [5, 5.41) is 8.67. The van der Waals surface area contributed by atoms with Gasteiger partial charge in [-0.25, -0.2) is 0 Å². The number of carbonyl (C=O) groups is 1. The van der Waals surface area contributed by atoms with Gasteiger partial charge in [0.2, 0.25) is 0 Å². The second-order valence-corrected chi connectivity index (χ2v) is 7.90. The fourth-order valence-electron chi connectivity index (χ4n) is 3.37. The minimum atomic E-state index is -0.758. The average molecular weight is 373 g/mol. The molecule has 0 saturated carbocycles. The molecule has 0 aliphatic heterocycles. The Balaban J connectivity index is 2.80. The van der Waals surface area contributed by atoms with Crippen LogP contribution in [0.4, 0.5) is 0 Å². The van der Waals surface area contributed by atoms with E-state index in [2.05, 4.69) is 45.9 Å². The van der Waals surface area contributed by atoms with Crippen LogP contribution in [0.2, 0.25) is 0 Å². The van der Waals surface area contributed by atoms with Gasteiger partial charge in [-0.15, -0.1) is 0 Å². The van der Waals surface area contributed by atoms with Crippen molar-refractivity contribution in [3.8, 4) is 0 Å². The number of aliphatic carboxylic acids is 1. The van der Waals surface area contributed by atoms with E-state index in [0.717, 1.165) is 18.6 Å². The molecule has 3 nitrogen and oxygen atoms in total. The van der Waals surface area contributed by atoms with Crippen molar-refractivity contribution in [2.75, 3.05) is 6.61 Å². The van der Waals surface area contributed by atoms with Crippen molar-refractivity contribution >= 4 is 5.97 Å². The van der Waals surface area contributed by atoms with Crippen molar-refractivity contribution < 1.29 is 14.6 Å². The number of rotatable bonds is 10. The SMILES string of the molecule is CCOC(C)C1=C(/C=C/C(C)=C/C=C/C(C)=C/CCC(=O)O)C(C)(C)CC1. The van der Waals surface area contributed by atoms with Crippen LogP contribution in [0, 0.1) is 5.41 Å². The van der Waals surface area contributed by atoms with Crippen LogP contribution in [0.3, 0.4) is 0 Å². The van der Waals surface area contributed by atoms with Crippen LogP contribution in [0.25, 0.3) is 0 Å². The molecule has 1 rings (SSSR count). The highest BCUT2D eigenvalue weighted by Gasteiger charge is 2.32. The molecule has 1 aliphatic carbocycles. The largest absolute Gasteiger partial charge is 0.481 e. The van der Waals surface area contributed by atoms with Crippen molar-refractivity contribution in [2.45, 2.75) is 73.3 Å². The molecule has 0 saturated heterocycles. The zero-order chi connectivity index (χ0) is 20.4. The molecular formula is C24H36O3. The van der Waals surface area contributed by atoms with E-state index in [1.54, 1.807) is 0 Å². The van der Waals surface area contributed by atoms with E-state index in [-0.39, 0.29) is 17.9 Å². The van der Waals surface area contributed by atoms with Gasteiger partial charge in [0.1, 0.15) is 0 Å². The highest BCUT2D eigenvalue weighted by atomic mass is 16.5. The Bertz CT molecular complexity index is 657. The van der Waals surface area contributed by atoms with Gasteiger partial charge in [0, 0.05) is 13.0 Å². The summed E-state index contributed by atoms with van der Waals surface area (Å²) in [6.07, 6.45) is 15.7. The Morgan fingerprint density at radius 3 is 2.59 bits per heavy atom. The predicted octanol–water partition coefficient (Wildman–Crippen LogP) is 6.40. The number of hydrogen-bond acceptors (Lipinski definition) is 2. The van der Waals surface area contributed by atoms with Crippen LogP contribution in [0.15, 0.2) is 58.7 Å². The Labute approximate surface area is 165 Å². The molecule has 1 atom stereocenters. The van der Waals surface area contributed by atoms with Crippen LogP contribution >= 0.6 is 0 Å². The minimum absolute atomic E-state index is 0.177. The molecule has 3 heteroatoms. The summed E-state index contributed by atoms with van der Waals surface area (Å²) in [5.41, 5.74) is 5.29. The van der Waals surface area contributed by atoms with Gasteiger partial charge in [0.25, 0.3) is 0 Å². The van der Waals surface area contributed by atoms with E-state index < -0.39 is 5.97 Å². The lowest BCUT2D eigenvalue weighted by molar-refractivity contribution is -0.136. The van der Waals surface area contributed by atoms with Gasteiger partial charge >= 0.3 is 5.97 Å². The molecule has 0 radical (unpaired) electrons. The summed E-state index contributed by atoms with van der Waals surface area (Å²) in [6, 6.07) is 0.